The van der Waals surface area contributed by atoms with Crippen molar-refractivity contribution in [1.29, 1.82) is 0 Å². The Labute approximate surface area is 131 Å². The molecule has 4 heteroatoms. The van der Waals surface area contributed by atoms with Gasteiger partial charge in [-0.05, 0) is 17.7 Å². The smallest absolute Gasteiger partial charge is 0.275 e. The van der Waals surface area contributed by atoms with Gasteiger partial charge in [0.15, 0.2) is 6.04 Å². The van der Waals surface area contributed by atoms with Gasteiger partial charge in [-0.2, -0.15) is 0 Å². The largest absolute Gasteiger partial charge is 0.365 e. The number of nitrogens with one attached hydrogen (secondary N) is 2. The van der Waals surface area contributed by atoms with Crippen LogP contribution < -0.4 is 15.5 Å². The predicted octanol–water partition coefficient (Wildman–Crippen LogP) is -1.00. The Balaban J connectivity index is 1.66. The molecule has 1 atom stereocenters. The van der Waals surface area contributed by atoms with Gasteiger partial charge in [0.2, 0.25) is 0 Å². The molecular formula is C18H25N3O+2. The van der Waals surface area contributed by atoms with Crippen molar-refractivity contribution in [2.45, 2.75) is 19.5 Å². The van der Waals surface area contributed by atoms with Crippen LogP contribution in [0.1, 0.15) is 12.5 Å². The fourth-order valence-electron chi connectivity index (χ4n) is 3.45. The van der Waals surface area contributed by atoms with Gasteiger partial charge in [0.25, 0.3) is 5.91 Å². The molecule has 22 heavy (non-hydrogen) atoms. The zero-order chi connectivity index (χ0) is 15.5. The van der Waals surface area contributed by atoms with Crippen LogP contribution in [0.3, 0.4) is 0 Å². The summed E-state index contributed by atoms with van der Waals surface area (Å²) in [7, 11) is 0. The zero-order valence-electron chi connectivity index (χ0n) is 13.1. The zero-order valence-corrected chi connectivity index (χ0v) is 13.1. The van der Waals surface area contributed by atoms with E-state index >= 15 is 0 Å². The van der Waals surface area contributed by atoms with E-state index in [9.17, 15) is 4.79 Å². The number of primary amides is 1. The van der Waals surface area contributed by atoms with E-state index in [1.165, 1.54) is 21.2 Å². The first kappa shape index (κ1) is 15.0. The monoisotopic (exact) mass is 299 g/mol. The number of nitrogens with two attached hydrogens (primary N) is 1. The first-order chi connectivity index (χ1) is 10.6. The Morgan fingerprint density at radius 2 is 1.77 bits per heavy atom. The topological polar surface area (TPSA) is 52.0 Å². The van der Waals surface area contributed by atoms with Gasteiger partial charge in [-0.1, -0.05) is 42.5 Å². The van der Waals surface area contributed by atoms with Gasteiger partial charge in [-0.25, -0.2) is 0 Å². The van der Waals surface area contributed by atoms with E-state index in [2.05, 4.69) is 42.5 Å². The second-order valence-corrected chi connectivity index (χ2v) is 6.35. The minimum absolute atomic E-state index is 0.0703. The molecule has 0 unspecified atom stereocenters. The lowest BCUT2D eigenvalue weighted by atomic mass is 10.0. The number of hydrogen-bond acceptors (Lipinski definition) is 1. The summed E-state index contributed by atoms with van der Waals surface area (Å²) in [6.45, 7) is 7.22. The van der Waals surface area contributed by atoms with Crippen LogP contribution in [0, 0.1) is 0 Å². The average Bonchev–Trinajstić information content (AvgIpc) is 2.55. The van der Waals surface area contributed by atoms with Crippen molar-refractivity contribution in [1.82, 2.24) is 0 Å². The summed E-state index contributed by atoms with van der Waals surface area (Å²) in [4.78, 5) is 14.2. The summed E-state index contributed by atoms with van der Waals surface area (Å²) < 4.78 is 0. The highest BCUT2D eigenvalue weighted by atomic mass is 16.1. The first-order valence-corrected chi connectivity index (χ1v) is 8.09. The molecule has 1 aliphatic rings. The summed E-state index contributed by atoms with van der Waals surface area (Å²) in [6, 6.07) is 15.1. The van der Waals surface area contributed by atoms with E-state index < -0.39 is 0 Å². The molecule has 0 saturated carbocycles. The number of amides is 1. The van der Waals surface area contributed by atoms with Gasteiger partial charge in [0.05, 0.1) is 0 Å². The maximum atomic E-state index is 11.3. The fraction of sp³-hybridized carbons (Fsp3) is 0.389. The minimum Gasteiger partial charge on any atom is -0.365 e. The summed E-state index contributed by atoms with van der Waals surface area (Å²) in [5.41, 5.74) is 6.84. The standard InChI is InChI=1S/C18H23N3O/c1-14(18(19)22)21-11-9-20(10-12-21)13-16-7-4-6-15-5-2-3-8-17(15)16/h2-8,14H,9-13H2,1H3,(H2,19,22)/p+2/t14-/m0/s1. The highest BCUT2D eigenvalue weighted by Crippen LogP contribution is 2.17. The lowest BCUT2D eigenvalue weighted by molar-refractivity contribution is -1.02. The van der Waals surface area contributed by atoms with E-state index in [0.29, 0.717) is 0 Å². The third-order valence-corrected chi connectivity index (χ3v) is 4.96. The summed E-state index contributed by atoms with van der Waals surface area (Å²) in [5.74, 6) is -0.187. The van der Waals surface area contributed by atoms with Crippen LogP contribution in [0.5, 0.6) is 0 Å². The Morgan fingerprint density at radius 3 is 2.50 bits per heavy atom. The van der Waals surface area contributed by atoms with Crippen LogP contribution in [0.15, 0.2) is 42.5 Å². The molecule has 4 nitrogen and oxygen atoms in total. The number of rotatable bonds is 4. The SMILES string of the molecule is C[C@@H](C(N)=O)[NH+]1CC[NH+](Cc2cccc3ccccc23)CC1. The van der Waals surface area contributed by atoms with Gasteiger partial charge in [0.1, 0.15) is 32.7 Å². The number of hydrogen-bond donors (Lipinski definition) is 3. The van der Waals surface area contributed by atoms with Crippen molar-refractivity contribution in [3.8, 4) is 0 Å². The molecule has 3 rings (SSSR count). The summed E-state index contributed by atoms with van der Waals surface area (Å²) >= 11 is 0. The average molecular weight is 299 g/mol. The van der Waals surface area contributed by atoms with E-state index in [1.807, 2.05) is 6.92 Å². The maximum Gasteiger partial charge on any atom is 0.275 e. The first-order valence-electron chi connectivity index (χ1n) is 8.09. The van der Waals surface area contributed by atoms with Crippen molar-refractivity contribution in [3.63, 3.8) is 0 Å². The molecule has 2 aromatic carbocycles. The van der Waals surface area contributed by atoms with Crippen LogP contribution in [0.4, 0.5) is 0 Å². The number of carbonyl (C=O) groups is 1. The second-order valence-electron chi connectivity index (χ2n) is 6.35. The molecule has 0 spiro atoms. The molecule has 0 bridgehead atoms. The lowest BCUT2D eigenvalue weighted by Gasteiger charge is -2.32. The molecule has 1 fully saturated rings. The Kier molecular flexibility index (Phi) is 4.41. The highest BCUT2D eigenvalue weighted by Gasteiger charge is 2.29. The molecule has 4 N–H and O–H groups in total. The van der Waals surface area contributed by atoms with Crippen molar-refractivity contribution < 1.29 is 14.6 Å². The number of fused-ring (bicyclic) bond motifs is 1. The fourth-order valence-corrected chi connectivity index (χ4v) is 3.45. The second kappa shape index (κ2) is 6.46. The van der Waals surface area contributed by atoms with Gasteiger partial charge < -0.3 is 15.5 Å². The molecule has 1 amide bonds. The Hall–Kier alpha value is -1.91. The molecule has 1 heterocycles. The predicted molar refractivity (Wildman–Crippen MR) is 87.7 cm³/mol. The molecule has 0 aliphatic carbocycles. The van der Waals surface area contributed by atoms with Crippen LogP contribution in [-0.4, -0.2) is 38.1 Å². The lowest BCUT2D eigenvalue weighted by Crippen LogP contribution is -3.29. The molecular weight excluding hydrogens is 274 g/mol. The molecule has 1 aliphatic heterocycles. The quantitative estimate of drug-likeness (QED) is 0.666. The number of benzene rings is 2. The highest BCUT2D eigenvalue weighted by molar-refractivity contribution is 5.85. The molecule has 2 aromatic rings. The third-order valence-electron chi connectivity index (χ3n) is 4.96. The Morgan fingerprint density at radius 1 is 1.09 bits per heavy atom. The van der Waals surface area contributed by atoms with Gasteiger partial charge >= 0.3 is 0 Å². The summed E-state index contributed by atoms with van der Waals surface area (Å²) in [5, 5.41) is 2.67. The number of carbonyl (C=O) groups excluding carboxylic acids is 1. The number of quaternary nitrogens is 2. The van der Waals surface area contributed by atoms with E-state index in [0.717, 1.165) is 32.7 Å². The molecule has 116 valence electrons. The normalized spacial score (nSPS) is 23.3. The Bertz CT molecular complexity index is 657. The van der Waals surface area contributed by atoms with Crippen LogP contribution >= 0.6 is 0 Å². The molecule has 1 saturated heterocycles. The number of piperazine rings is 1. The third kappa shape index (κ3) is 3.13. The minimum atomic E-state index is -0.187. The van der Waals surface area contributed by atoms with Crippen LogP contribution in [-0.2, 0) is 11.3 Å². The molecule has 0 radical (unpaired) electrons. The van der Waals surface area contributed by atoms with Crippen molar-refractivity contribution in [2.24, 2.45) is 5.73 Å². The van der Waals surface area contributed by atoms with E-state index in [-0.39, 0.29) is 11.9 Å². The maximum absolute atomic E-state index is 11.3. The van der Waals surface area contributed by atoms with Gasteiger partial charge in [0, 0.05) is 5.56 Å². The van der Waals surface area contributed by atoms with Crippen molar-refractivity contribution in [3.05, 3.63) is 48.0 Å². The van der Waals surface area contributed by atoms with E-state index in [4.69, 9.17) is 5.73 Å². The van der Waals surface area contributed by atoms with Crippen molar-refractivity contribution in [2.75, 3.05) is 26.2 Å². The van der Waals surface area contributed by atoms with Crippen LogP contribution in [0.25, 0.3) is 10.8 Å². The van der Waals surface area contributed by atoms with Crippen molar-refractivity contribution >= 4 is 16.7 Å². The molecule has 0 aromatic heterocycles. The summed E-state index contributed by atoms with van der Waals surface area (Å²) in [6.07, 6.45) is 0. The van der Waals surface area contributed by atoms with Gasteiger partial charge in [-0.3, -0.25) is 4.79 Å². The van der Waals surface area contributed by atoms with Crippen LogP contribution in [0.2, 0.25) is 0 Å². The van der Waals surface area contributed by atoms with Gasteiger partial charge in [-0.15, -0.1) is 0 Å². The van der Waals surface area contributed by atoms with E-state index in [1.54, 1.807) is 4.90 Å².